The van der Waals surface area contributed by atoms with E-state index >= 15 is 0 Å². The maximum Gasteiger partial charge on any atom is 0.270 e. The number of halogens is 1. The minimum Gasteiger partial charge on any atom is -0.351 e. The normalized spacial score (nSPS) is 9.41. The maximum absolute atomic E-state index is 13.3. The van der Waals surface area contributed by atoms with Crippen molar-refractivity contribution in [3.05, 3.63) is 39.7 Å². The molecule has 0 bridgehead atoms. The highest BCUT2D eigenvalue weighted by Crippen LogP contribution is 2.16. The zero-order chi connectivity index (χ0) is 12.8. The summed E-state index contributed by atoms with van der Waals surface area (Å²) in [7, 11) is 0. The Morgan fingerprint density at radius 3 is 2.88 bits per heavy atom. The van der Waals surface area contributed by atoms with Gasteiger partial charge in [0.25, 0.3) is 11.6 Å². The number of nitrogens with zero attached hydrogens (tertiary/aromatic N) is 1. The summed E-state index contributed by atoms with van der Waals surface area (Å²) in [6.07, 6.45) is 5.29. The molecule has 0 atom stereocenters. The molecule has 1 N–H and O–H groups in total. The van der Waals surface area contributed by atoms with Crippen LogP contribution in [0.15, 0.2) is 18.2 Å². The summed E-state index contributed by atoms with van der Waals surface area (Å²) in [6.45, 7) is 0.192. The van der Waals surface area contributed by atoms with E-state index in [2.05, 4.69) is 11.2 Å². The molecule has 0 aliphatic heterocycles. The lowest BCUT2D eigenvalue weighted by molar-refractivity contribution is -0.384. The number of nitrogens with one attached hydrogen (secondary N) is 1. The Hall–Kier alpha value is -2.42. The molecule has 88 valence electrons. The van der Waals surface area contributed by atoms with Gasteiger partial charge in [0.1, 0.15) is 5.82 Å². The van der Waals surface area contributed by atoms with Gasteiger partial charge in [-0.25, -0.2) is 4.39 Å². The number of carbonyl (C=O) groups is 1. The van der Waals surface area contributed by atoms with Crippen LogP contribution >= 0.6 is 0 Å². The van der Waals surface area contributed by atoms with Crippen molar-refractivity contribution in [1.82, 2.24) is 5.32 Å². The van der Waals surface area contributed by atoms with E-state index in [1.165, 1.54) is 0 Å². The Bertz CT molecular complexity index is 494. The number of carbonyl (C=O) groups excluding carboxylic acids is 1. The van der Waals surface area contributed by atoms with Crippen LogP contribution in [0.3, 0.4) is 0 Å². The highest BCUT2D eigenvalue weighted by molar-refractivity contribution is 5.95. The van der Waals surface area contributed by atoms with Gasteiger partial charge in [0.05, 0.1) is 10.5 Å². The summed E-state index contributed by atoms with van der Waals surface area (Å²) in [6, 6.07) is 2.77. The van der Waals surface area contributed by atoms with Crippen molar-refractivity contribution in [3.63, 3.8) is 0 Å². The third kappa shape index (κ3) is 3.28. The number of amides is 1. The molecular weight excluding hydrogens is 227 g/mol. The molecule has 1 aromatic carbocycles. The molecule has 0 aromatic heterocycles. The first-order valence-electron chi connectivity index (χ1n) is 4.72. The van der Waals surface area contributed by atoms with E-state index in [1.807, 2.05) is 0 Å². The van der Waals surface area contributed by atoms with Crippen LogP contribution in [-0.4, -0.2) is 17.4 Å². The van der Waals surface area contributed by atoms with Crippen molar-refractivity contribution in [2.24, 2.45) is 0 Å². The fourth-order valence-corrected chi connectivity index (χ4v) is 1.14. The van der Waals surface area contributed by atoms with Crippen LogP contribution in [-0.2, 0) is 0 Å². The van der Waals surface area contributed by atoms with Gasteiger partial charge in [0, 0.05) is 25.1 Å². The van der Waals surface area contributed by atoms with Gasteiger partial charge in [-0.05, 0) is 6.07 Å². The maximum atomic E-state index is 13.3. The van der Waals surface area contributed by atoms with E-state index in [1.54, 1.807) is 0 Å². The molecule has 17 heavy (non-hydrogen) atoms. The molecule has 1 rings (SSSR count). The number of nitro groups is 1. The fourth-order valence-electron chi connectivity index (χ4n) is 1.14. The Morgan fingerprint density at radius 2 is 2.29 bits per heavy atom. The lowest BCUT2D eigenvalue weighted by Crippen LogP contribution is -2.25. The Balaban J connectivity index is 2.89. The molecule has 0 aliphatic carbocycles. The molecule has 5 nitrogen and oxygen atoms in total. The van der Waals surface area contributed by atoms with Crippen LogP contribution < -0.4 is 5.32 Å². The number of rotatable bonds is 4. The van der Waals surface area contributed by atoms with Gasteiger partial charge >= 0.3 is 0 Å². The first kappa shape index (κ1) is 12.6. The molecule has 1 aromatic rings. The first-order chi connectivity index (χ1) is 8.06. The van der Waals surface area contributed by atoms with Crippen LogP contribution in [0.5, 0.6) is 0 Å². The van der Waals surface area contributed by atoms with Gasteiger partial charge in [0.2, 0.25) is 0 Å². The standard InChI is InChI=1S/C11H9FN2O3/c1-2-3-6-13-11(15)9-7-8(14(16)17)4-5-10(9)12/h1,4-5,7H,3,6H2,(H,13,15). The van der Waals surface area contributed by atoms with Gasteiger partial charge < -0.3 is 5.32 Å². The van der Waals surface area contributed by atoms with E-state index in [0.29, 0.717) is 6.42 Å². The summed E-state index contributed by atoms with van der Waals surface area (Å²) in [4.78, 5) is 21.2. The van der Waals surface area contributed by atoms with Crippen molar-refractivity contribution >= 4 is 11.6 Å². The molecule has 0 unspecified atom stereocenters. The first-order valence-corrected chi connectivity index (χ1v) is 4.72. The number of hydrogen-bond donors (Lipinski definition) is 1. The molecule has 0 spiro atoms. The largest absolute Gasteiger partial charge is 0.351 e. The second-order valence-corrected chi connectivity index (χ2v) is 3.13. The molecule has 0 fully saturated rings. The van der Waals surface area contributed by atoms with Gasteiger partial charge in [-0.15, -0.1) is 12.3 Å². The second-order valence-electron chi connectivity index (χ2n) is 3.13. The minimum atomic E-state index is -0.811. The smallest absolute Gasteiger partial charge is 0.270 e. The van der Waals surface area contributed by atoms with Gasteiger partial charge in [0.15, 0.2) is 0 Å². The molecule has 6 heteroatoms. The average molecular weight is 236 g/mol. The Labute approximate surface area is 96.8 Å². The van der Waals surface area contributed by atoms with Gasteiger partial charge in [-0.1, -0.05) is 0 Å². The Morgan fingerprint density at radius 1 is 1.59 bits per heavy atom. The van der Waals surface area contributed by atoms with Crippen LogP contribution in [0.25, 0.3) is 0 Å². The van der Waals surface area contributed by atoms with E-state index in [9.17, 15) is 19.3 Å². The number of hydrogen-bond acceptors (Lipinski definition) is 3. The third-order valence-corrected chi connectivity index (χ3v) is 1.96. The molecule has 0 saturated heterocycles. The SMILES string of the molecule is C#CCCNC(=O)c1cc([N+](=O)[O-])ccc1F. The van der Waals surface area contributed by atoms with Crippen molar-refractivity contribution in [2.75, 3.05) is 6.54 Å². The zero-order valence-corrected chi connectivity index (χ0v) is 8.77. The quantitative estimate of drug-likeness (QED) is 0.372. The lowest BCUT2D eigenvalue weighted by atomic mass is 10.1. The van der Waals surface area contributed by atoms with E-state index < -0.39 is 16.6 Å². The zero-order valence-electron chi connectivity index (χ0n) is 8.77. The summed E-state index contributed by atoms with van der Waals surface area (Å²) >= 11 is 0. The van der Waals surface area contributed by atoms with E-state index in [0.717, 1.165) is 18.2 Å². The Kier molecular flexibility index (Phi) is 4.17. The molecule has 0 radical (unpaired) electrons. The van der Waals surface area contributed by atoms with Crippen LogP contribution in [0.4, 0.5) is 10.1 Å². The van der Waals surface area contributed by atoms with Crippen LogP contribution in [0.2, 0.25) is 0 Å². The predicted molar refractivity (Wildman–Crippen MR) is 58.8 cm³/mol. The molecule has 0 aliphatic rings. The molecule has 1 amide bonds. The van der Waals surface area contributed by atoms with Gasteiger partial charge in [-0.2, -0.15) is 0 Å². The van der Waals surface area contributed by atoms with Crippen LogP contribution in [0, 0.1) is 28.3 Å². The van der Waals surface area contributed by atoms with E-state index in [-0.39, 0.29) is 17.8 Å². The second kappa shape index (κ2) is 5.61. The lowest BCUT2D eigenvalue weighted by Gasteiger charge is -2.04. The number of terminal acetylenes is 1. The predicted octanol–water partition coefficient (Wildman–Crippen LogP) is 1.49. The summed E-state index contributed by atoms with van der Waals surface area (Å²) in [5, 5.41) is 12.8. The average Bonchev–Trinajstić information content (AvgIpc) is 2.29. The van der Waals surface area contributed by atoms with Gasteiger partial charge in [-0.3, -0.25) is 14.9 Å². The van der Waals surface area contributed by atoms with Crippen molar-refractivity contribution in [1.29, 1.82) is 0 Å². The fraction of sp³-hybridized carbons (Fsp3) is 0.182. The summed E-state index contributed by atoms with van der Waals surface area (Å²) < 4.78 is 13.3. The number of nitro benzene ring substituents is 1. The third-order valence-electron chi connectivity index (χ3n) is 1.96. The van der Waals surface area contributed by atoms with Crippen molar-refractivity contribution in [2.45, 2.75) is 6.42 Å². The molecule has 0 saturated carbocycles. The summed E-state index contributed by atoms with van der Waals surface area (Å²) in [5.74, 6) is 0.770. The monoisotopic (exact) mass is 236 g/mol. The van der Waals surface area contributed by atoms with Crippen LogP contribution in [0.1, 0.15) is 16.8 Å². The minimum absolute atomic E-state index is 0.192. The van der Waals surface area contributed by atoms with E-state index in [4.69, 9.17) is 6.42 Å². The molecule has 0 heterocycles. The molecular formula is C11H9FN2O3. The highest BCUT2D eigenvalue weighted by Gasteiger charge is 2.16. The van der Waals surface area contributed by atoms with Crippen molar-refractivity contribution in [3.8, 4) is 12.3 Å². The number of non-ortho nitro benzene ring substituents is 1. The highest BCUT2D eigenvalue weighted by atomic mass is 19.1. The summed E-state index contributed by atoms with van der Waals surface area (Å²) in [5.41, 5.74) is -0.704. The van der Waals surface area contributed by atoms with Crippen molar-refractivity contribution < 1.29 is 14.1 Å². The number of benzene rings is 1. The topological polar surface area (TPSA) is 72.2 Å².